The second-order valence-corrected chi connectivity index (χ2v) is 20.0. The van der Waals surface area contributed by atoms with Crippen LogP contribution >= 0.6 is 0 Å². The first-order valence-corrected chi connectivity index (χ1v) is 20.5. The Labute approximate surface area is 89.4 Å². The molecule has 0 radical (unpaired) electrons. The molecule has 0 atom stereocenters. The molecule has 1 aliphatic rings. The molecule has 0 bridgehead atoms. The van der Waals surface area contributed by atoms with E-state index in [9.17, 15) is 0 Å². The standard InChI is InChI=1S/2C4H8.2Hg/c2*1-3-4-2;;/h2*1-4H2;;. The molecular formula is C8H16Hg2. The van der Waals surface area contributed by atoms with Gasteiger partial charge in [-0.2, -0.15) is 0 Å². The summed E-state index contributed by atoms with van der Waals surface area (Å²) in [5.74, 6) is 0. The Hall–Kier alpha value is 1.87. The maximum absolute atomic E-state index is 1.76. The topological polar surface area (TPSA) is 0 Å². The summed E-state index contributed by atoms with van der Waals surface area (Å²) in [5, 5.41) is 0. The fourth-order valence-electron chi connectivity index (χ4n) is 1.77. The maximum atomic E-state index is 1.76. The Kier molecular flexibility index (Phi) is 7.48. The average Bonchev–Trinajstić information content (AvgIpc) is 2.01. The van der Waals surface area contributed by atoms with E-state index in [1.54, 1.807) is 41.4 Å². The van der Waals surface area contributed by atoms with Gasteiger partial charge in [0.05, 0.1) is 0 Å². The molecule has 0 N–H and O–H groups in total. The van der Waals surface area contributed by atoms with E-state index < -0.39 is 0 Å². The number of hydrogen-bond acceptors (Lipinski definition) is 0. The van der Waals surface area contributed by atoms with E-state index in [2.05, 4.69) is 0 Å². The summed E-state index contributed by atoms with van der Waals surface area (Å²) in [6.45, 7) is 0. The van der Waals surface area contributed by atoms with Crippen molar-refractivity contribution in [3.63, 3.8) is 0 Å². The third-order valence-electron chi connectivity index (χ3n) is 2.50. The Morgan fingerprint density at radius 3 is 1.10 bits per heavy atom. The third-order valence-corrected chi connectivity index (χ3v) is 18.0. The molecule has 0 amide bonds. The zero-order valence-electron chi connectivity index (χ0n) is 7.07. The molecular weight excluding hydrogens is 497 g/mol. The molecule has 1 rings (SSSR count). The van der Waals surface area contributed by atoms with Gasteiger partial charge in [-0.3, -0.25) is 0 Å². The Morgan fingerprint density at radius 1 is 0.500 bits per heavy atom. The van der Waals surface area contributed by atoms with Crippen molar-refractivity contribution in [1.82, 2.24) is 0 Å². The van der Waals surface area contributed by atoms with Gasteiger partial charge in [0.1, 0.15) is 0 Å². The quantitative estimate of drug-likeness (QED) is 0.436. The van der Waals surface area contributed by atoms with Crippen molar-refractivity contribution in [3.05, 3.63) is 0 Å². The summed E-state index contributed by atoms with van der Waals surface area (Å²) in [7, 11) is 0. The molecule has 0 aromatic heterocycles. The molecule has 2 heteroatoms. The van der Waals surface area contributed by atoms with E-state index >= 15 is 0 Å². The third kappa shape index (κ3) is 5.51. The molecule has 52 valence electrons. The fraction of sp³-hybridized carbons (Fsp3) is 1.00. The van der Waals surface area contributed by atoms with Gasteiger partial charge in [-0.15, -0.1) is 0 Å². The van der Waals surface area contributed by atoms with Gasteiger partial charge in [0, 0.05) is 0 Å². The van der Waals surface area contributed by atoms with Gasteiger partial charge in [0.15, 0.2) is 0 Å². The van der Waals surface area contributed by atoms with E-state index in [-0.39, 0.29) is 49.1 Å². The summed E-state index contributed by atoms with van der Waals surface area (Å²) in [5.41, 5.74) is 0. The number of rotatable bonds is 0. The summed E-state index contributed by atoms with van der Waals surface area (Å²) < 4.78 is 7.03. The second kappa shape index (κ2) is 7.52. The van der Waals surface area contributed by atoms with Crippen LogP contribution in [0.1, 0.15) is 25.7 Å². The minimum atomic E-state index is -0.213. The van der Waals surface area contributed by atoms with Crippen LogP contribution in [0.2, 0.25) is 15.7 Å². The number of hydrogen-bond donors (Lipinski definition) is 0. The normalized spacial score (nSPS) is 20.8. The Balaban J connectivity index is 2.00. The molecule has 1 saturated heterocycles. The van der Waals surface area contributed by atoms with Gasteiger partial charge in [-0.1, -0.05) is 0 Å². The molecule has 0 spiro atoms. The Morgan fingerprint density at radius 2 is 0.800 bits per heavy atom. The van der Waals surface area contributed by atoms with Crippen LogP contribution in [0.4, 0.5) is 0 Å². The molecule has 0 aromatic carbocycles. The van der Waals surface area contributed by atoms with Crippen molar-refractivity contribution >= 4 is 0 Å². The van der Waals surface area contributed by atoms with Crippen molar-refractivity contribution in [2.24, 2.45) is 0 Å². The van der Waals surface area contributed by atoms with Gasteiger partial charge in [0.2, 0.25) is 0 Å². The van der Waals surface area contributed by atoms with Gasteiger partial charge in [-0.05, 0) is 0 Å². The predicted molar refractivity (Wildman–Crippen MR) is 37.7 cm³/mol. The zero-order valence-corrected chi connectivity index (χ0v) is 18.1. The van der Waals surface area contributed by atoms with Gasteiger partial charge in [-0.25, -0.2) is 0 Å². The summed E-state index contributed by atoms with van der Waals surface area (Å²) in [6, 6.07) is 0. The zero-order chi connectivity index (χ0) is 7.07. The van der Waals surface area contributed by atoms with Crippen molar-refractivity contribution < 1.29 is 49.1 Å². The van der Waals surface area contributed by atoms with Crippen molar-refractivity contribution in [3.8, 4) is 0 Å². The monoisotopic (exact) mass is 516 g/mol. The molecule has 1 fully saturated rings. The van der Waals surface area contributed by atoms with Crippen LogP contribution in [-0.4, -0.2) is 0 Å². The van der Waals surface area contributed by atoms with Crippen LogP contribution in [0.15, 0.2) is 0 Å². The molecule has 0 aromatic rings. The molecule has 0 saturated carbocycles. The SMILES string of the molecule is C1C[CH2][Hg][CH2]CC[CH2][Hg][CH2]1. The van der Waals surface area contributed by atoms with E-state index in [0.29, 0.717) is 0 Å². The van der Waals surface area contributed by atoms with Crippen molar-refractivity contribution in [1.29, 1.82) is 0 Å². The molecule has 0 nitrogen and oxygen atoms in total. The van der Waals surface area contributed by atoms with Crippen LogP contribution < -0.4 is 0 Å². The average molecular weight is 513 g/mol. The van der Waals surface area contributed by atoms with Crippen LogP contribution in [0, 0.1) is 0 Å². The summed E-state index contributed by atoms with van der Waals surface area (Å²) in [4.78, 5) is 0. The van der Waals surface area contributed by atoms with E-state index in [1.165, 1.54) is 0 Å². The van der Waals surface area contributed by atoms with Gasteiger partial charge < -0.3 is 0 Å². The fourth-order valence-corrected chi connectivity index (χ4v) is 15.5. The molecule has 10 heavy (non-hydrogen) atoms. The van der Waals surface area contributed by atoms with Crippen LogP contribution in [0.25, 0.3) is 0 Å². The first kappa shape index (κ1) is 9.95. The van der Waals surface area contributed by atoms with Crippen LogP contribution in [-0.2, 0) is 49.1 Å². The molecule has 1 aliphatic heterocycles. The van der Waals surface area contributed by atoms with E-state index in [4.69, 9.17) is 0 Å². The molecule has 0 unspecified atom stereocenters. The minimum absolute atomic E-state index is 0.213. The van der Waals surface area contributed by atoms with Crippen LogP contribution in [0.5, 0.6) is 0 Å². The Bertz CT molecular complexity index is 40.4. The van der Waals surface area contributed by atoms with Crippen molar-refractivity contribution in [2.45, 2.75) is 41.4 Å². The van der Waals surface area contributed by atoms with Crippen molar-refractivity contribution in [2.75, 3.05) is 0 Å². The molecule has 0 aliphatic carbocycles. The van der Waals surface area contributed by atoms with Crippen LogP contribution in [0.3, 0.4) is 0 Å². The predicted octanol–water partition coefficient (Wildman–Crippen LogP) is 3.40. The summed E-state index contributed by atoms with van der Waals surface area (Å²) in [6.07, 6.45) is 6.62. The first-order chi connectivity index (χ1) is 5.00. The first-order valence-electron chi connectivity index (χ1n) is 5.00. The van der Waals surface area contributed by atoms with E-state index in [1.807, 2.05) is 0 Å². The molecule has 1 heterocycles. The van der Waals surface area contributed by atoms with Gasteiger partial charge >= 0.3 is 90.6 Å². The second-order valence-electron chi connectivity index (χ2n) is 3.54. The van der Waals surface area contributed by atoms with Gasteiger partial charge in [0.25, 0.3) is 0 Å². The summed E-state index contributed by atoms with van der Waals surface area (Å²) >= 11 is -0.426. The van der Waals surface area contributed by atoms with E-state index in [0.717, 1.165) is 0 Å².